The number of nitrogens with zero attached hydrogens (tertiary/aromatic N) is 1. The molecule has 1 aromatic carbocycles. The van der Waals surface area contributed by atoms with Gasteiger partial charge in [0, 0.05) is 18.3 Å². The Morgan fingerprint density at radius 3 is 2.78 bits per heavy atom. The minimum atomic E-state index is -1.04. The molecule has 5 heteroatoms. The third-order valence-electron chi connectivity index (χ3n) is 2.58. The summed E-state index contributed by atoms with van der Waals surface area (Å²) in [6.07, 6.45) is 1.53. The van der Waals surface area contributed by atoms with Crippen LogP contribution >= 0.6 is 0 Å². The van der Waals surface area contributed by atoms with E-state index < -0.39 is 11.6 Å². The third-order valence-corrected chi connectivity index (χ3v) is 2.58. The van der Waals surface area contributed by atoms with Crippen LogP contribution in [0.1, 0.15) is 11.1 Å². The van der Waals surface area contributed by atoms with Gasteiger partial charge in [-0.15, -0.1) is 0 Å². The first-order chi connectivity index (χ1) is 8.63. The molecule has 0 saturated carbocycles. The van der Waals surface area contributed by atoms with E-state index >= 15 is 0 Å². The summed E-state index contributed by atoms with van der Waals surface area (Å²) in [4.78, 5) is 3.99. The van der Waals surface area contributed by atoms with Crippen LogP contribution in [0, 0.1) is 18.6 Å². The van der Waals surface area contributed by atoms with Crippen molar-refractivity contribution in [2.75, 3.05) is 0 Å². The van der Waals surface area contributed by atoms with Crippen molar-refractivity contribution in [1.29, 1.82) is 0 Å². The maximum absolute atomic E-state index is 13.5. The van der Waals surface area contributed by atoms with E-state index in [9.17, 15) is 8.78 Å². The Kier molecular flexibility index (Phi) is 3.53. The van der Waals surface area contributed by atoms with Crippen molar-refractivity contribution < 1.29 is 13.5 Å². The van der Waals surface area contributed by atoms with Gasteiger partial charge in [-0.25, -0.2) is 9.37 Å². The first-order valence-corrected chi connectivity index (χ1v) is 5.40. The summed E-state index contributed by atoms with van der Waals surface area (Å²) in [5.41, 5.74) is 7.14. The summed E-state index contributed by atoms with van der Waals surface area (Å²) in [5.74, 6) is -2.01. The number of aryl methyl sites for hydroxylation is 1. The van der Waals surface area contributed by atoms with Gasteiger partial charge in [-0.05, 0) is 30.7 Å². The number of nitrogens with two attached hydrogens (primary N) is 1. The summed E-state index contributed by atoms with van der Waals surface area (Å²) in [7, 11) is 0. The zero-order valence-electron chi connectivity index (χ0n) is 9.78. The molecule has 0 fully saturated rings. The number of hydrogen-bond acceptors (Lipinski definition) is 3. The van der Waals surface area contributed by atoms with Crippen molar-refractivity contribution in [3.05, 3.63) is 53.2 Å². The summed E-state index contributed by atoms with van der Waals surface area (Å²) in [5, 5.41) is 0. The molecule has 0 unspecified atom stereocenters. The van der Waals surface area contributed by atoms with Crippen molar-refractivity contribution in [3.8, 4) is 11.6 Å². The lowest BCUT2D eigenvalue weighted by Gasteiger charge is -2.11. The van der Waals surface area contributed by atoms with Crippen molar-refractivity contribution in [2.45, 2.75) is 13.5 Å². The number of rotatable bonds is 3. The molecule has 0 radical (unpaired) electrons. The molecule has 0 saturated heterocycles. The van der Waals surface area contributed by atoms with Crippen LogP contribution < -0.4 is 10.5 Å². The van der Waals surface area contributed by atoms with E-state index in [1.165, 1.54) is 18.3 Å². The van der Waals surface area contributed by atoms with Crippen LogP contribution in [-0.4, -0.2) is 4.98 Å². The zero-order valence-corrected chi connectivity index (χ0v) is 9.78. The van der Waals surface area contributed by atoms with Crippen LogP contribution in [0.15, 0.2) is 30.5 Å². The largest absolute Gasteiger partial charge is 0.435 e. The van der Waals surface area contributed by atoms with Gasteiger partial charge in [0.05, 0.1) is 0 Å². The molecule has 2 N–H and O–H groups in total. The molecule has 3 nitrogen and oxygen atoms in total. The molecule has 1 aromatic heterocycles. The fourth-order valence-electron chi connectivity index (χ4n) is 1.57. The molecule has 2 rings (SSSR count). The van der Waals surface area contributed by atoms with Gasteiger partial charge in [-0.3, -0.25) is 0 Å². The summed E-state index contributed by atoms with van der Waals surface area (Å²) >= 11 is 0. The first-order valence-electron chi connectivity index (χ1n) is 5.40. The zero-order chi connectivity index (χ0) is 13.1. The summed E-state index contributed by atoms with van der Waals surface area (Å²) < 4.78 is 31.8. The number of pyridine rings is 1. The van der Waals surface area contributed by atoms with Crippen molar-refractivity contribution in [3.63, 3.8) is 0 Å². The van der Waals surface area contributed by atoms with Gasteiger partial charge in [-0.2, -0.15) is 4.39 Å². The summed E-state index contributed by atoms with van der Waals surface area (Å²) in [6, 6.07) is 5.50. The molecule has 0 aliphatic carbocycles. The lowest BCUT2D eigenvalue weighted by Crippen LogP contribution is -2.04. The average Bonchev–Trinajstić information content (AvgIpc) is 2.35. The van der Waals surface area contributed by atoms with Crippen LogP contribution in [0.2, 0.25) is 0 Å². The van der Waals surface area contributed by atoms with Gasteiger partial charge in [0.1, 0.15) is 0 Å². The molecular formula is C13H12F2N2O. The number of halogens is 2. The second-order valence-electron chi connectivity index (χ2n) is 3.77. The van der Waals surface area contributed by atoms with E-state index in [1.54, 1.807) is 6.07 Å². The molecule has 0 amide bonds. The smallest absolute Gasteiger partial charge is 0.224 e. The quantitative estimate of drug-likeness (QED) is 0.911. The molecule has 94 valence electrons. The SMILES string of the molecule is Cc1ccnc(Oc2cccc(F)c2F)c1CN. The fraction of sp³-hybridized carbons (Fsp3) is 0.154. The highest BCUT2D eigenvalue weighted by atomic mass is 19.2. The van der Waals surface area contributed by atoms with Gasteiger partial charge < -0.3 is 10.5 Å². The van der Waals surface area contributed by atoms with Gasteiger partial charge in [0.2, 0.25) is 11.7 Å². The monoisotopic (exact) mass is 250 g/mol. The highest BCUT2D eigenvalue weighted by molar-refractivity contribution is 5.37. The molecule has 0 spiro atoms. The van der Waals surface area contributed by atoms with Crippen molar-refractivity contribution in [1.82, 2.24) is 4.98 Å². The maximum Gasteiger partial charge on any atom is 0.224 e. The fourth-order valence-corrected chi connectivity index (χ4v) is 1.57. The van der Waals surface area contributed by atoms with Crippen LogP contribution in [-0.2, 0) is 6.54 Å². The predicted octanol–water partition coefficient (Wildman–Crippen LogP) is 2.92. The van der Waals surface area contributed by atoms with Gasteiger partial charge in [0.15, 0.2) is 11.6 Å². The molecule has 0 aliphatic heterocycles. The van der Waals surface area contributed by atoms with Crippen LogP contribution in [0.3, 0.4) is 0 Å². The molecular weight excluding hydrogens is 238 g/mol. The average molecular weight is 250 g/mol. The lowest BCUT2D eigenvalue weighted by molar-refractivity contribution is 0.401. The van der Waals surface area contributed by atoms with E-state index in [1.807, 2.05) is 6.92 Å². The van der Waals surface area contributed by atoms with Crippen molar-refractivity contribution in [2.24, 2.45) is 5.73 Å². The molecule has 2 aromatic rings. The Bertz CT molecular complexity index is 573. The van der Waals surface area contributed by atoms with E-state index in [0.717, 1.165) is 11.6 Å². The van der Waals surface area contributed by atoms with Gasteiger partial charge in [0.25, 0.3) is 0 Å². The Labute approximate surface area is 103 Å². The molecule has 1 heterocycles. The number of aromatic nitrogens is 1. The minimum Gasteiger partial charge on any atom is -0.435 e. The van der Waals surface area contributed by atoms with Crippen molar-refractivity contribution >= 4 is 0 Å². The van der Waals surface area contributed by atoms with E-state index in [-0.39, 0.29) is 18.2 Å². The van der Waals surface area contributed by atoms with E-state index in [2.05, 4.69) is 4.98 Å². The first kappa shape index (κ1) is 12.4. The topological polar surface area (TPSA) is 48.1 Å². The maximum atomic E-state index is 13.5. The second kappa shape index (κ2) is 5.10. The van der Waals surface area contributed by atoms with E-state index in [0.29, 0.717) is 5.56 Å². The Balaban J connectivity index is 2.40. The highest BCUT2D eigenvalue weighted by Gasteiger charge is 2.13. The predicted molar refractivity (Wildman–Crippen MR) is 63.3 cm³/mol. The molecule has 0 atom stereocenters. The Hall–Kier alpha value is -2.01. The number of benzene rings is 1. The standard InChI is InChI=1S/C13H12F2N2O/c1-8-5-6-17-13(9(8)7-16)18-11-4-2-3-10(14)12(11)15/h2-6H,7,16H2,1H3. The van der Waals surface area contributed by atoms with Crippen LogP contribution in [0.5, 0.6) is 11.6 Å². The Morgan fingerprint density at radius 1 is 1.28 bits per heavy atom. The Morgan fingerprint density at radius 2 is 2.06 bits per heavy atom. The van der Waals surface area contributed by atoms with Gasteiger partial charge >= 0.3 is 0 Å². The summed E-state index contributed by atoms with van der Waals surface area (Å²) in [6.45, 7) is 2.06. The van der Waals surface area contributed by atoms with Crippen LogP contribution in [0.4, 0.5) is 8.78 Å². The third kappa shape index (κ3) is 2.31. The second-order valence-corrected chi connectivity index (χ2v) is 3.77. The number of ether oxygens (including phenoxy) is 1. The molecule has 0 bridgehead atoms. The molecule has 18 heavy (non-hydrogen) atoms. The minimum absolute atomic E-state index is 0.196. The lowest BCUT2D eigenvalue weighted by atomic mass is 10.1. The van der Waals surface area contributed by atoms with E-state index in [4.69, 9.17) is 10.5 Å². The molecule has 0 aliphatic rings. The number of hydrogen-bond donors (Lipinski definition) is 1. The van der Waals surface area contributed by atoms with Gasteiger partial charge in [-0.1, -0.05) is 6.07 Å². The highest BCUT2D eigenvalue weighted by Crippen LogP contribution is 2.27. The normalized spacial score (nSPS) is 10.4. The van der Waals surface area contributed by atoms with Crippen LogP contribution in [0.25, 0.3) is 0 Å².